The van der Waals surface area contributed by atoms with Crippen molar-refractivity contribution in [3.8, 4) is 5.75 Å². The molecule has 3 aromatic rings. The number of nitrogens with one attached hydrogen (secondary N) is 2. The standard InChI is InChI=1S/C22H19ClN2O3/c1-28-18-12-6-15(7-13-18)14-24-21(26)16-8-10-17(11-9-16)22(27)25-20-5-3-2-4-19(20)23/h2-13H,14H2,1H3,(H,24,26)(H,25,27). The van der Waals surface area contributed by atoms with E-state index < -0.39 is 0 Å². The van der Waals surface area contributed by atoms with Gasteiger partial charge in [-0.25, -0.2) is 0 Å². The minimum absolute atomic E-state index is 0.214. The van der Waals surface area contributed by atoms with E-state index in [0.717, 1.165) is 11.3 Å². The second-order valence-corrected chi connectivity index (χ2v) is 6.45. The molecule has 28 heavy (non-hydrogen) atoms. The number of benzene rings is 3. The van der Waals surface area contributed by atoms with Crippen molar-refractivity contribution in [1.82, 2.24) is 5.32 Å². The molecule has 0 radical (unpaired) electrons. The summed E-state index contributed by atoms with van der Waals surface area (Å²) in [6.07, 6.45) is 0. The highest BCUT2D eigenvalue weighted by Crippen LogP contribution is 2.21. The quantitative estimate of drug-likeness (QED) is 0.645. The molecular weight excluding hydrogens is 376 g/mol. The van der Waals surface area contributed by atoms with Gasteiger partial charge in [-0.05, 0) is 54.1 Å². The van der Waals surface area contributed by atoms with Crippen LogP contribution in [0, 0.1) is 0 Å². The first-order chi connectivity index (χ1) is 13.6. The summed E-state index contributed by atoms with van der Waals surface area (Å²) in [5.41, 5.74) is 2.41. The number of carbonyl (C=O) groups is 2. The van der Waals surface area contributed by atoms with Crippen LogP contribution in [0.2, 0.25) is 5.02 Å². The van der Waals surface area contributed by atoms with E-state index in [1.807, 2.05) is 24.3 Å². The Bertz CT molecular complexity index is 970. The molecule has 0 heterocycles. The average Bonchev–Trinajstić information content (AvgIpc) is 2.74. The third kappa shape index (κ3) is 4.90. The van der Waals surface area contributed by atoms with E-state index in [2.05, 4.69) is 10.6 Å². The molecule has 3 rings (SSSR count). The molecule has 0 unspecified atom stereocenters. The van der Waals surface area contributed by atoms with Gasteiger partial charge < -0.3 is 15.4 Å². The summed E-state index contributed by atoms with van der Waals surface area (Å²) in [5.74, 6) is 0.257. The number of methoxy groups -OCH3 is 1. The summed E-state index contributed by atoms with van der Waals surface area (Å²) in [4.78, 5) is 24.6. The number of para-hydroxylation sites is 1. The first-order valence-electron chi connectivity index (χ1n) is 8.64. The number of hydrogen-bond acceptors (Lipinski definition) is 3. The van der Waals surface area contributed by atoms with Crippen LogP contribution < -0.4 is 15.4 Å². The molecule has 0 aliphatic heterocycles. The number of ether oxygens (including phenoxy) is 1. The minimum atomic E-state index is -0.293. The Balaban J connectivity index is 1.59. The van der Waals surface area contributed by atoms with E-state index in [0.29, 0.717) is 28.4 Å². The van der Waals surface area contributed by atoms with Gasteiger partial charge in [0.1, 0.15) is 5.75 Å². The van der Waals surface area contributed by atoms with Crippen LogP contribution in [0.25, 0.3) is 0 Å². The summed E-state index contributed by atoms with van der Waals surface area (Å²) >= 11 is 6.05. The Morgan fingerprint density at radius 1 is 0.857 bits per heavy atom. The number of amides is 2. The Labute approximate surface area is 168 Å². The van der Waals surface area contributed by atoms with Gasteiger partial charge in [-0.1, -0.05) is 35.9 Å². The van der Waals surface area contributed by atoms with Crippen molar-refractivity contribution in [2.75, 3.05) is 12.4 Å². The van der Waals surface area contributed by atoms with E-state index in [4.69, 9.17) is 16.3 Å². The maximum atomic E-state index is 12.3. The van der Waals surface area contributed by atoms with Gasteiger partial charge in [-0.2, -0.15) is 0 Å². The van der Waals surface area contributed by atoms with Gasteiger partial charge in [-0.15, -0.1) is 0 Å². The highest BCUT2D eigenvalue weighted by atomic mass is 35.5. The van der Waals surface area contributed by atoms with E-state index >= 15 is 0 Å². The Morgan fingerprint density at radius 2 is 1.46 bits per heavy atom. The summed E-state index contributed by atoms with van der Waals surface area (Å²) < 4.78 is 5.11. The number of halogens is 1. The second kappa shape index (κ2) is 9.06. The van der Waals surface area contributed by atoms with Crippen LogP contribution in [0.15, 0.2) is 72.8 Å². The van der Waals surface area contributed by atoms with Crippen LogP contribution in [0.3, 0.4) is 0 Å². The Hall–Kier alpha value is -3.31. The third-order valence-corrected chi connectivity index (χ3v) is 4.47. The van der Waals surface area contributed by atoms with E-state index in [9.17, 15) is 9.59 Å². The first-order valence-corrected chi connectivity index (χ1v) is 9.01. The zero-order valence-corrected chi connectivity index (χ0v) is 16.0. The van der Waals surface area contributed by atoms with Crippen molar-refractivity contribution in [2.45, 2.75) is 6.54 Å². The maximum Gasteiger partial charge on any atom is 0.255 e. The van der Waals surface area contributed by atoms with Crippen molar-refractivity contribution >= 4 is 29.1 Å². The molecule has 2 N–H and O–H groups in total. The van der Waals surface area contributed by atoms with E-state index in [-0.39, 0.29) is 11.8 Å². The van der Waals surface area contributed by atoms with Gasteiger partial charge in [0.05, 0.1) is 17.8 Å². The topological polar surface area (TPSA) is 67.4 Å². The van der Waals surface area contributed by atoms with Crippen LogP contribution in [0.4, 0.5) is 5.69 Å². The van der Waals surface area contributed by atoms with E-state index in [1.165, 1.54) is 0 Å². The molecule has 6 heteroatoms. The van der Waals surface area contributed by atoms with Gasteiger partial charge in [0.2, 0.25) is 0 Å². The summed E-state index contributed by atoms with van der Waals surface area (Å²) in [5, 5.41) is 6.06. The molecule has 0 bridgehead atoms. The smallest absolute Gasteiger partial charge is 0.255 e. The molecule has 0 aromatic heterocycles. The normalized spacial score (nSPS) is 10.2. The lowest BCUT2D eigenvalue weighted by Crippen LogP contribution is -2.23. The fourth-order valence-corrected chi connectivity index (χ4v) is 2.74. The SMILES string of the molecule is COc1ccc(CNC(=O)c2ccc(C(=O)Nc3ccccc3Cl)cc2)cc1. The van der Waals surface area contributed by atoms with E-state index in [1.54, 1.807) is 55.6 Å². The van der Waals surface area contributed by atoms with Crippen LogP contribution >= 0.6 is 11.6 Å². The largest absolute Gasteiger partial charge is 0.497 e. The van der Waals surface area contributed by atoms with Crippen molar-refractivity contribution in [1.29, 1.82) is 0 Å². The summed E-state index contributed by atoms with van der Waals surface area (Å²) in [6, 6.07) is 20.9. The molecule has 142 valence electrons. The lowest BCUT2D eigenvalue weighted by molar-refractivity contribution is 0.0949. The lowest BCUT2D eigenvalue weighted by Gasteiger charge is -2.09. The summed E-state index contributed by atoms with van der Waals surface area (Å²) in [6.45, 7) is 0.400. The molecule has 0 spiro atoms. The van der Waals surface area contributed by atoms with Gasteiger partial charge in [0.25, 0.3) is 11.8 Å². The number of carbonyl (C=O) groups excluding carboxylic acids is 2. The highest BCUT2D eigenvalue weighted by Gasteiger charge is 2.10. The molecule has 0 atom stereocenters. The predicted molar refractivity (Wildman–Crippen MR) is 110 cm³/mol. The lowest BCUT2D eigenvalue weighted by atomic mass is 10.1. The van der Waals surface area contributed by atoms with Crippen molar-refractivity contribution < 1.29 is 14.3 Å². The molecule has 0 aliphatic rings. The molecular formula is C22H19ClN2O3. The second-order valence-electron chi connectivity index (χ2n) is 6.04. The Kier molecular flexibility index (Phi) is 6.29. The van der Waals surface area contributed by atoms with Crippen LogP contribution in [-0.4, -0.2) is 18.9 Å². The molecule has 0 saturated heterocycles. The maximum absolute atomic E-state index is 12.3. The third-order valence-electron chi connectivity index (χ3n) is 4.14. The highest BCUT2D eigenvalue weighted by molar-refractivity contribution is 6.33. The fourth-order valence-electron chi connectivity index (χ4n) is 2.56. The fraction of sp³-hybridized carbons (Fsp3) is 0.0909. The summed E-state index contributed by atoms with van der Waals surface area (Å²) in [7, 11) is 1.61. The average molecular weight is 395 g/mol. The number of hydrogen-bond donors (Lipinski definition) is 2. The molecule has 5 nitrogen and oxygen atoms in total. The number of rotatable bonds is 6. The van der Waals surface area contributed by atoms with Crippen molar-refractivity contribution in [3.05, 3.63) is 94.5 Å². The zero-order chi connectivity index (χ0) is 19.9. The Morgan fingerprint density at radius 3 is 2.07 bits per heavy atom. The van der Waals surface area contributed by atoms with Gasteiger partial charge in [-0.3, -0.25) is 9.59 Å². The van der Waals surface area contributed by atoms with Gasteiger partial charge in [0, 0.05) is 17.7 Å². The molecule has 3 aromatic carbocycles. The van der Waals surface area contributed by atoms with Crippen LogP contribution in [0.1, 0.15) is 26.3 Å². The molecule has 0 saturated carbocycles. The molecule has 0 aliphatic carbocycles. The monoisotopic (exact) mass is 394 g/mol. The van der Waals surface area contributed by atoms with Gasteiger partial charge in [0.15, 0.2) is 0 Å². The zero-order valence-electron chi connectivity index (χ0n) is 15.2. The van der Waals surface area contributed by atoms with Crippen molar-refractivity contribution in [2.24, 2.45) is 0 Å². The molecule has 0 fully saturated rings. The minimum Gasteiger partial charge on any atom is -0.497 e. The van der Waals surface area contributed by atoms with Gasteiger partial charge >= 0.3 is 0 Å². The predicted octanol–water partition coefficient (Wildman–Crippen LogP) is 4.53. The first kappa shape index (κ1) is 19.5. The van der Waals surface area contributed by atoms with Crippen LogP contribution in [-0.2, 0) is 6.54 Å². The molecule has 2 amide bonds. The number of anilines is 1. The van der Waals surface area contributed by atoms with Crippen molar-refractivity contribution in [3.63, 3.8) is 0 Å². The van der Waals surface area contributed by atoms with Crippen LogP contribution in [0.5, 0.6) is 5.75 Å².